The summed E-state index contributed by atoms with van der Waals surface area (Å²) in [5.74, 6) is -1.99. The van der Waals surface area contributed by atoms with Gasteiger partial charge in [-0.25, -0.2) is 9.59 Å². The molecule has 0 heterocycles. The summed E-state index contributed by atoms with van der Waals surface area (Å²) in [6.45, 7) is 1.47. The summed E-state index contributed by atoms with van der Waals surface area (Å²) < 4.78 is 10.7. The fraction of sp³-hybridized carbons (Fsp3) is 0.400. The molecule has 2 amide bonds. The van der Waals surface area contributed by atoms with E-state index in [1.165, 1.54) is 14.0 Å². The van der Waals surface area contributed by atoms with E-state index in [1.54, 1.807) is 19.0 Å². The number of nitrogens with zero attached hydrogens (tertiary/aromatic N) is 1. The molecule has 182 valence electrons. The Morgan fingerprint density at radius 1 is 1.06 bits per heavy atom. The van der Waals surface area contributed by atoms with Crippen molar-refractivity contribution in [2.75, 3.05) is 41.0 Å². The number of amides is 2. The number of nitrogens with one attached hydrogen (secondary N) is 2. The fourth-order valence-electron chi connectivity index (χ4n) is 4.17. The highest BCUT2D eigenvalue weighted by Gasteiger charge is 2.38. The van der Waals surface area contributed by atoms with Gasteiger partial charge in [-0.3, -0.25) is 4.79 Å². The van der Waals surface area contributed by atoms with Gasteiger partial charge in [-0.2, -0.15) is 0 Å². The van der Waals surface area contributed by atoms with Crippen LogP contribution < -0.4 is 10.6 Å². The molecule has 34 heavy (non-hydrogen) atoms. The zero-order chi connectivity index (χ0) is 24.9. The molecule has 9 nitrogen and oxygen atoms in total. The first-order chi connectivity index (χ1) is 16.2. The van der Waals surface area contributed by atoms with E-state index < -0.39 is 29.6 Å². The molecular formula is C25H31N3O6. The van der Waals surface area contributed by atoms with Gasteiger partial charge >= 0.3 is 12.1 Å². The zero-order valence-corrected chi connectivity index (χ0v) is 19.8. The fourth-order valence-corrected chi connectivity index (χ4v) is 4.17. The van der Waals surface area contributed by atoms with Crippen LogP contribution in [0.3, 0.4) is 0 Å². The molecule has 3 rings (SSSR count). The molecule has 9 heteroatoms. The molecule has 2 atom stereocenters. The summed E-state index contributed by atoms with van der Waals surface area (Å²) in [5, 5.41) is 14.5. The van der Waals surface area contributed by atoms with Crippen LogP contribution in [0.15, 0.2) is 48.5 Å². The lowest BCUT2D eigenvalue weighted by Gasteiger charge is -2.30. The van der Waals surface area contributed by atoms with Crippen LogP contribution in [0, 0.1) is 0 Å². The zero-order valence-electron chi connectivity index (χ0n) is 19.8. The number of hydrogen-bond acceptors (Lipinski definition) is 6. The van der Waals surface area contributed by atoms with E-state index in [1.807, 2.05) is 48.5 Å². The number of aliphatic carboxylic acids is 1. The Kier molecular flexibility index (Phi) is 7.90. The molecule has 0 aromatic heterocycles. The first-order valence-corrected chi connectivity index (χ1v) is 11.0. The summed E-state index contributed by atoms with van der Waals surface area (Å²) in [5.41, 5.74) is 2.83. The maximum absolute atomic E-state index is 12.9. The quantitative estimate of drug-likeness (QED) is 0.488. The van der Waals surface area contributed by atoms with Crippen molar-refractivity contribution >= 4 is 18.0 Å². The van der Waals surface area contributed by atoms with Gasteiger partial charge in [0.15, 0.2) is 0 Å². The number of carboxylic acid groups (broad SMARTS) is 1. The minimum atomic E-state index is -1.53. The number of rotatable bonds is 10. The first-order valence-electron chi connectivity index (χ1n) is 11.0. The number of alkyl carbamates (subject to hydrolysis) is 1. The molecule has 2 aromatic carbocycles. The van der Waals surface area contributed by atoms with Gasteiger partial charge in [-0.15, -0.1) is 0 Å². The summed E-state index contributed by atoms with van der Waals surface area (Å²) in [4.78, 5) is 38.8. The Morgan fingerprint density at radius 3 is 2.12 bits per heavy atom. The van der Waals surface area contributed by atoms with Crippen LogP contribution in [0.5, 0.6) is 0 Å². The van der Waals surface area contributed by atoms with E-state index >= 15 is 0 Å². The van der Waals surface area contributed by atoms with Gasteiger partial charge in [-0.1, -0.05) is 48.5 Å². The Hall–Kier alpha value is -3.43. The Balaban J connectivity index is 1.69. The predicted molar refractivity (Wildman–Crippen MR) is 127 cm³/mol. The molecule has 0 saturated carbocycles. The summed E-state index contributed by atoms with van der Waals surface area (Å²) in [7, 11) is 4.79. The van der Waals surface area contributed by atoms with Crippen molar-refractivity contribution in [1.29, 1.82) is 0 Å². The van der Waals surface area contributed by atoms with Crippen molar-refractivity contribution in [3.8, 4) is 11.1 Å². The second-order valence-electron chi connectivity index (χ2n) is 8.84. The molecule has 1 aliphatic rings. The van der Waals surface area contributed by atoms with Crippen LogP contribution in [0.25, 0.3) is 11.1 Å². The number of fused-ring (bicyclic) bond motifs is 3. The van der Waals surface area contributed by atoms with Crippen molar-refractivity contribution in [1.82, 2.24) is 15.5 Å². The average molecular weight is 470 g/mol. The molecule has 0 fully saturated rings. The smallest absolute Gasteiger partial charge is 0.408 e. The number of carboxylic acids is 1. The van der Waals surface area contributed by atoms with E-state index in [4.69, 9.17) is 9.47 Å². The molecule has 0 bridgehead atoms. The third-order valence-electron chi connectivity index (χ3n) is 5.81. The Morgan fingerprint density at radius 2 is 1.62 bits per heavy atom. The molecule has 1 aliphatic carbocycles. The van der Waals surface area contributed by atoms with Crippen molar-refractivity contribution in [2.24, 2.45) is 0 Å². The Labute approximate surface area is 199 Å². The third-order valence-corrected chi connectivity index (χ3v) is 5.81. The van der Waals surface area contributed by atoms with E-state index in [0.717, 1.165) is 22.3 Å². The molecule has 0 radical (unpaired) electrons. The van der Waals surface area contributed by atoms with Gasteiger partial charge in [0.1, 0.15) is 18.2 Å². The molecule has 0 spiro atoms. The van der Waals surface area contributed by atoms with Gasteiger partial charge in [-0.05, 0) is 43.3 Å². The Bertz CT molecular complexity index is 1010. The molecular weight excluding hydrogens is 438 g/mol. The lowest BCUT2D eigenvalue weighted by Crippen LogP contribution is -2.62. The second kappa shape index (κ2) is 10.7. The van der Waals surface area contributed by atoms with Crippen molar-refractivity contribution < 1.29 is 29.0 Å². The van der Waals surface area contributed by atoms with Gasteiger partial charge in [0.25, 0.3) is 0 Å². The second-order valence-corrected chi connectivity index (χ2v) is 8.84. The van der Waals surface area contributed by atoms with E-state index in [0.29, 0.717) is 0 Å². The highest BCUT2D eigenvalue weighted by Crippen LogP contribution is 2.44. The molecule has 3 N–H and O–H groups in total. The van der Waals surface area contributed by atoms with Gasteiger partial charge in [0.05, 0.1) is 6.61 Å². The van der Waals surface area contributed by atoms with Crippen LogP contribution in [0.4, 0.5) is 4.79 Å². The van der Waals surface area contributed by atoms with Crippen LogP contribution >= 0.6 is 0 Å². The highest BCUT2D eigenvalue weighted by molar-refractivity contribution is 5.92. The van der Waals surface area contributed by atoms with Gasteiger partial charge < -0.3 is 30.1 Å². The highest BCUT2D eigenvalue weighted by atomic mass is 16.5. The maximum Gasteiger partial charge on any atom is 0.408 e. The minimum Gasteiger partial charge on any atom is -0.480 e. The van der Waals surface area contributed by atoms with Crippen LogP contribution in [0.1, 0.15) is 24.0 Å². The summed E-state index contributed by atoms with van der Waals surface area (Å²) in [6, 6.07) is 14.8. The van der Waals surface area contributed by atoms with Crippen molar-refractivity contribution in [3.63, 3.8) is 0 Å². The van der Waals surface area contributed by atoms with E-state index in [2.05, 4.69) is 10.6 Å². The lowest BCUT2D eigenvalue weighted by atomic mass is 9.98. The first kappa shape index (κ1) is 25.2. The predicted octanol–water partition coefficient (Wildman–Crippen LogP) is 2.06. The SMILES string of the molecule is COCC(C)(NC(=O)OCC1c2ccccc2-c2ccccc21)C(=O)N[C@@H](CN(C)C)C(=O)O. The molecule has 1 unspecified atom stereocenters. The van der Waals surface area contributed by atoms with Crippen LogP contribution in [-0.4, -0.2) is 80.5 Å². The monoisotopic (exact) mass is 469 g/mol. The van der Waals surface area contributed by atoms with Gasteiger partial charge in [0, 0.05) is 19.6 Å². The van der Waals surface area contributed by atoms with Crippen molar-refractivity contribution in [3.05, 3.63) is 59.7 Å². The number of benzene rings is 2. The largest absolute Gasteiger partial charge is 0.480 e. The summed E-state index contributed by atoms with van der Waals surface area (Å²) in [6.07, 6.45) is -0.795. The maximum atomic E-state index is 12.9. The van der Waals surface area contributed by atoms with Crippen molar-refractivity contribution in [2.45, 2.75) is 24.4 Å². The third kappa shape index (κ3) is 5.55. The van der Waals surface area contributed by atoms with Crippen LogP contribution in [0.2, 0.25) is 0 Å². The van der Waals surface area contributed by atoms with Gasteiger partial charge in [0.2, 0.25) is 5.91 Å². The number of methoxy groups -OCH3 is 1. The number of hydrogen-bond donors (Lipinski definition) is 3. The normalized spacial score (nSPS) is 15.1. The number of carbonyl (C=O) groups excluding carboxylic acids is 2. The van der Waals surface area contributed by atoms with E-state index in [9.17, 15) is 19.5 Å². The molecule has 0 saturated heterocycles. The minimum absolute atomic E-state index is 0.0862. The van der Waals surface area contributed by atoms with Crippen LogP contribution in [-0.2, 0) is 19.1 Å². The van der Waals surface area contributed by atoms with E-state index in [-0.39, 0.29) is 25.7 Å². The average Bonchev–Trinajstić information content (AvgIpc) is 3.10. The standard InChI is InChI=1S/C25H31N3O6/c1-25(15-33-4,23(31)26-21(22(29)30)13-28(2)3)27-24(32)34-14-20-18-11-7-5-9-16(18)17-10-6-8-12-19(17)20/h5-12,20-21H,13-15H2,1-4H3,(H,26,31)(H,27,32)(H,29,30)/t21-,25?/m0/s1. The summed E-state index contributed by atoms with van der Waals surface area (Å²) >= 11 is 0. The number of ether oxygens (including phenoxy) is 2. The number of carbonyl (C=O) groups is 3. The topological polar surface area (TPSA) is 117 Å². The number of likely N-dealkylation sites (N-methyl/N-ethyl adjacent to an activating group) is 1. The lowest BCUT2D eigenvalue weighted by molar-refractivity contribution is -0.143. The molecule has 2 aromatic rings. The molecule has 0 aliphatic heterocycles.